The lowest BCUT2D eigenvalue weighted by atomic mass is 10.0. The van der Waals surface area contributed by atoms with Crippen molar-refractivity contribution >= 4 is 0 Å². The topological polar surface area (TPSA) is 51.4 Å². The molecule has 0 bridgehead atoms. The Morgan fingerprint density at radius 2 is 2.33 bits per heavy atom. The summed E-state index contributed by atoms with van der Waals surface area (Å²) in [5.74, 6) is 0. The van der Waals surface area contributed by atoms with Gasteiger partial charge in [-0.25, -0.2) is 0 Å². The van der Waals surface area contributed by atoms with Crippen molar-refractivity contribution in [1.29, 1.82) is 0 Å². The lowest BCUT2D eigenvalue weighted by molar-refractivity contribution is -0.0689. The maximum Gasteiger partial charge on any atom is 0.0909 e. The smallest absolute Gasteiger partial charge is 0.0909 e. The second-order valence-corrected chi connectivity index (χ2v) is 4.89. The first-order valence-electron chi connectivity index (χ1n) is 6.74. The fourth-order valence-corrected chi connectivity index (χ4v) is 2.55. The molecule has 4 heteroatoms. The van der Waals surface area contributed by atoms with Crippen molar-refractivity contribution < 1.29 is 4.74 Å². The number of hydrogen-bond donors (Lipinski definition) is 1. The average molecular weight is 249 g/mol. The van der Waals surface area contributed by atoms with E-state index in [-0.39, 0.29) is 12.1 Å². The Labute approximate surface area is 109 Å². The highest BCUT2D eigenvalue weighted by Crippen LogP contribution is 2.28. The third kappa shape index (κ3) is 2.88. The normalized spacial score (nSPS) is 25.3. The maximum atomic E-state index is 5.84. The molecule has 2 N–H and O–H groups in total. The number of ether oxygens (including phenoxy) is 1. The molecule has 0 amide bonds. The third-order valence-corrected chi connectivity index (χ3v) is 3.44. The summed E-state index contributed by atoms with van der Waals surface area (Å²) in [5.41, 5.74) is 8.10. The van der Waals surface area contributed by atoms with Crippen molar-refractivity contribution in [3.8, 4) is 0 Å². The van der Waals surface area contributed by atoms with Crippen molar-refractivity contribution in [2.24, 2.45) is 5.73 Å². The van der Waals surface area contributed by atoms with Gasteiger partial charge in [0.25, 0.3) is 0 Å². The molecule has 4 nitrogen and oxygen atoms in total. The molecule has 100 valence electrons. The van der Waals surface area contributed by atoms with Gasteiger partial charge in [0.1, 0.15) is 0 Å². The van der Waals surface area contributed by atoms with Gasteiger partial charge in [0.05, 0.1) is 24.4 Å². The molecule has 0 saturated carbocycles. The zero-order valence-electron chi connectivity index (χ0n) is 11.3. The molecule has 0 aromatic carbocycles. The molecule has 2 heterocycles. The molecule has 1 aromatic heterocycles. The number of morpholine rings is 1. The van der Waals surface area contributed by atoms with Crippen LogP contribution in [-0.2, 0) is 4.74 Å². The number of aromatic nitrogens is 1. The SMILES string of the molecule is CCCN1CCOC(CN)C1c1ccc(C)cn1. The summed E-state index contributed by atoms with van der Waals surface area (Å²) in [4.78, 5) is 7.00. The summed E-state index contributed by atoms with van der Waals surface area (Å²) >= 11 is 0. The van der Waals surface area contributed by atoms with Gasteiger partial charge < -0.3 is 10.5 Å². The monoisotopic (exact) mass is 249 g/mol. The zero-order valence-corrected chi connectivity index (χ0v) is 11.3. The predicted molar refractivity (Wildman–Crippen MR) is 72.4 cm³/mol. The first-order chi connectivity index (χ1) is 8.76. The van der Waals surface area contributed by atoms with E-state index >= 15 is 0 Å². The van der Waals surface area contributed by atoms with Crippen LogP contribution in [0.1, 0.15) is 30.6 Å². The van der Waals surface area contributed by atoms with E-state index in [0.29, 0.717) is 6.54 Å². The average Bonchev–Trinajstić information content (AvgIpc) is 2.40. The second-order valence-electron chi connectivity index (χ2n) is 4.89. The quantitative estimate of drug-likeness (QED) is 0.878. The largest absolute Gasteiger partial charge is 0.374 e. The Balaban J connectivity index is 2.24. The Hall–Kier alpha value is -0.970. The van der Waals surface area contributed by atoms with E-state index < -0.39 is 0 Å². The van der Waals surface area contributed by atoms with Crippen molar-refractivity contribution in [3.63, 3.8) is 0 Å². The number of hydrogen-bond acceptors (Lipinski definition) is 4. The molecule has 1 fully saturated rings. The van der Waals surface area contributed by atoms with Gasteiger partial charge in [0.2, 0.25) is 0 Å². The highest BCUT2D eigenvalue weighted by molar-refractivity contribution is 5.17. The van der Waals surface area contributed by atoms with Crippen molar-refractivity contribution in [2.75, 3.05) is 26.2 Å². The van der Waals surface area contributed by atoms with Gasteiger partial charge in [-0.3, -0.25) is 9.88 Å². The van der Waals surface area contributed by atoms with Crippen LogP contribution in [0, 0.1) is 6.92 Å². The summed E-state index contributed by atoms with van der Waals surface area (Å²) in [6, 6.07) is 4.40. The van der Waals surface area contributed by atoms with Crippen molar-refractivity contribution in [3.05, 3.63) is 29.6 Å². The first kappa shape index (κ1) is 13.5. The van der Waals surface area contributed by atoms with Gasteiger partial charge in [-0.05, 0) is 31.5 Å². The van der Waals surface area contributed by atoms with Crippen LogP contribution in [0.25, 0.3) is 0 Å². The second kappa shape index (κ2) is 6.27. The van der Waals surface area contributed by atoms with Crippen LogP contribution in [0.5, 0.6) is 0 Å². The van der Waals surface area contributed by atoms with Crippen LogP contribution in [0.4, 0.5) is 0 Å². The summed E-state index contributed by atoms with van der Waals surface area (Å²) in [5, 5.41) is 0. The molecular weight excluding hydrogens is 226 g/mol. The van der Waals surface area contributed by atoms with Crippen LogP contribution in [0.3, 0.4) is 0 Å². The molecule has 1 saturated heterocycles. The van der Waals surface area contributed by atoms with E-state index in [1.54, 1.807) is 0 Å². The minimum Gasteiger partial charge on any atom is -0.374 e. The summed E-state index contributed by atoms with van der Waals surface area (Å²) in [6.45, 7) is 7.60. The molecule has 2 unspecified atom stereocenters. The van der Waals surface area contributed by atoms with E-state index in [4.69, 9.17) is 10.5 Å². The Morgan fingerprint density at radius 1 is 1.50 bits per heavy atom. The van der Waals surface area contributed by atoms with Gasteiger partial charge in [-0.2, -0.15) is 0 Å². The Morgan fingerprint density at radius 3 is 2.94 bits per heavy atom. The highest BCUT2D eigenvalue weighted by Gasteiger charge is 2.33. The standard InChI is InChI=1S/C14H23N3O/c1-3-6-17-7-8-18-13(9-15)14(17)12-5-4-11(2)10-16-12/h4-5,10,13-14H,3,6-9,15H2,1-2H3. The summed E-state index contributed by atoms with van der Waals surface area (Å²) < 4.78 is 5.79. The minimum atomic E-state index is 0.0560. The molecule has 0 spiro atoms. The molecule has 1 aromatic rings. The minimum absolute atomic E-state index is 0.0560. The van der Waals surface area contributed by atoms with Gasteiger partial charge in [0, 0.05) is 19.3 Å². The summed E-state index contributed by atoms with van der Waals surface area (Å²) in [7, 11) is 0. The van der Waals surface area contributed by atoms with E-state index in [9.17, 15) is 0 Å². The van der Waals surface area contributed by atoms with E-state index in [1.165, 1.54) is 5.56 Å². The fraction of sp³-hybridized carbons (Fsp3) is 0.643. The molecule has 18 heavy (non-hydrogen) atoms. The zero-order chi connectivity index (χ0) is 13.0. The molecule has 0 aliphatic carbocycles. The van der Waals surface area contributed by atoms with Crippen molar-refractivity contribution in [2.45, 2.75) is 32.4 Å². The lowest BCUT2D eigenvalue weighted by Gasteiger charge is -2.40. The number of pyridine rings is 1. The van der Waals surface area contributed by atoms with E-state index in [2.05, 4.69) is 35.9 Å². The summed E-state index contributed by atoms with van der Waals surface area (Å²) in [6.07, 6.45) is 3.11. The van der Waals surface area contributed by atoms with Crippen LogP contribution in [0.15, 0.2) is 18.3 Å². The number of aryl methyl sites for hydroxylation is 1. The molecule has 0 radical (unpaired) electrons. The fourth-order valence-electron chi connectivity index (χ4n) is 2.55. The van der Waals surface area contributed by atoms with Gasteiger partial charge >= 0.3 is 0 Å². The molecule has 1 aliphatic heterocycles. The van der Waals surface area contributed by atoms with Gasteiger partial charge in [-0.15, -0.1) is 0 Å². The number of nitrogens with zero attached hydrogens (tertiary/aromatic N) is 2. The maximum absolute atomic E-state index is 5.84. The Kier molecular flexibility index (Phi) is 4.69. The van der Waals surface area contributed by atoms with Crippen LogP contribution in [-0.4, -0.2) is 42.2 Å². The molecule has 1 aliphatic rings. The molecule has 2 rings (SSSR count). The predicted octanol–water partition coefficient (Wildman–Crippen LogP) is 1.50. The van der Waals surface area contributed by atoms with Crippen LogP contribution >= 0.6 is 0 Å². The highest BCUT2D eigenvalue weighted by atomic mass is 16.5. The van der Waals surface area contributed by atoms with Crippen LogP contribution < -0.4 is 5.73 Å². The molecule has 2 atom stereocenters. The first-order valence-corrected chi connectivity index (χ1v) is 6.74. The Bertz CT molecular complexity index is 364. The van der Waals surface area contributed by atoms with Crippen LogP contribution in [0.2, 0.25) is 0 Å². The van der Waals surface area contributed by atoms with Crippen molar-refractivity contribution in [1.82, 2.24) is 9.88 Å². The number of rotatable bonds is 4. The van der Waals surface area contributed by atoms with Gasteiger partial charge in [0.15, 0.2) is 0 Å². The lowest BCUT2D eigenvalue weighted by Crippen LogP contribution is -2.48. The molecular formula is C14H23N3O. The van der Waals surface area contributed by atoms with Gasteiger partial charge in [-0.1, -0.05) is 13.0 Å². The number of nitrogens with two attached hydrogens (primary N) is 1. The third-order valence-electron chi connectivity index (χ3n) is 3.44. The van der Waals surface area contributed by atoms with E-state index in [0.717, 1.165) is 31.8 Å². The van der Waals surface area contributed by atoms with E-state index in [1.807, 2.05) is 6.20 Å².